The van der Waals surface area contributed by atoms with Gasteiger partial charge in [0.1, 0.15) is 5.69 Å². The van der Waals surface area contributed by atoms with E-state index in [-0.39, 0.29) is 5.91 Å². The van der Waals surface area contributed by atoms with Gasteiger partial charge in [-0.25, -0.2) is 9.97 Å². The molecule has 1 aliphatic rings. The van der Waals surface area contributed by atoms with Crippen LogP contribution in [0.2, 0.25) is 0 Å². The van der Waals surface area contributed by atoms with Crippen LogP contribution in [-0.4, -0.2) is 22.4 Å². The number of anilines is 2. The lowest BCUT2D eigenvalue weighted by Gasteiger charge is -2.13. The highest BCUT2D eigenvalue weighted by Gasteiger charge is 2.11. The molecule has 1 aromatic carbocycles. The molecule has 1 heterocycles. The van der Waals surface area contributed by atoms with Crippen molar-refractivity contribution >= 4 is 17.5 Å². The number of hydrogen-bond donors (Lipinski definition) is 2. The summed E-state index contributed by atoms with van der Waals surface area (Å²) in [6.45, 7) is 4.66. The second-order valence-corrected chi connectivity index (χ2v) is 6.83. The van der Waals surface area contributed by atoms with Crippen LogP contribution in [0, 0.1) is 13.8 Å². The lowest BCUT2D eigenvalue weighted by atomic mass is 9.97. The van der Waals surface area contributed by atoms with Gasteiger partial charge >= 0.3 is 0 Å². The summed E-state index contributed by atoms with van der Waals surface area (Å²) in [4.78, 5) is 21.3. The average Bonchev–Trinajstić information content (AvgIpc) is 2.62. The van der Waals surface area contributed by atoms with E-state index in [1.54, 1.807) is 6.07 Å². The van der Waals surface area contributed by atoms with Gasteiger partial charge in [-0.15, -0.1) is 0 Å². The maximum atomic E-state index is 12.5. The molecule has 0 bridgehead atoms. The van der Waals surface area contributed by atoms with E-state index < -0.39 is 0 Å². The molecule has 136 valence electrons. The van der Waals surface area contributed by atoms with Crippen LogP contribution in [0.4, 0.5) is 11.6 Å². The molecule has 0 saturated carbocycles. The Morgan fingerprint density at radius 1 is 1.15 bits per heavy atom. The summed E-state index contributed by atoms with van der Waals surface area (Å²) in [5.41, 5.74) is 4.52. The monoisotopic (exact) mass is 350 g/mol. The van der Waals surface area contributed by atoms with Crippen LogP contribution in [0.25, 0.3) is 0 Å². The molecular formula is C21H26N4O. The molecular weight excluding hydrogens is 324 g/mol. The van der Waals surface area contributed by atoms with E-state index in [9.17, 15) is 4.79 Å². The summed E-state index contributed by atoms with van der Waals surface area (Å²) in [5, 5.41) is 6.15. The molecule has 0 saturated heterocycles. The summed E-state index contributed by atoms with van der Waals surface area (Å²) < 4.78 is 0. The smallest absolute Gasteiger partial charge is 0.274 e. The molecule has 0 aliphatic heterocycles. The zero-order valence-electron chi connectivity index (χ0n) is 15.5. The van der Waals surface area contributed by atoms with Gasteiger partial charge in [0.15, 0.2) is 0 Å². The third kappa shape index (κ3) is 5.15. The highest BCUT2D eigenvalue weighted by molar-refractivity contribution is 6.03. The van der Waals surface area contributed by atoms with Crippen molar-refractivity contribution in [2.75, 3.05) is 17.2 Å². The molecule has 2 N–H and O–H groups in total. The van der Waals surface area contributed by atoms with Gasteiger partial charge in [0, 0.05) is 17.9 Å². The molecule has 0 spiro atoms. The van der Waals surface area contributed by atoms with Gasteiger partial charge in [-0.3, -0.25) is 4.79 Å². The maximum absolute atomic E-state index is 12.5. The van der Waals surface area contributed by atoms with Gasteiger partial charge in [-0.2, -0.15) is 0 Å². The fourth-order valence-corrected chi connectivity index (χ4v) is 3.15. The van der Waals surface area contributed by atoms with Gasteiger partial charge in [0.25, 0.3) is 5.91 Å². The van der Waals surface area contributed by atoms with Gasteiger partial charge < -0.3 is 10.6 Å². The van der Waals surface area contributed by atoms with E-state index in [0.717, 1.165) is 29.9 Å². The van der Waals surface area contributed by atoms with Crippen LogP contribution in [0.3, 0.4) is 0 Å². The molecule has 2 aromatic rings. The predicted octanol–water partition coefficient (Wildman–Crippen LogP) is 4.65. The van der Waals surface area contributed by atoms with E-state index in [4.69, 9.17) is 0 Å². The Morgan fingerprint density at radius 3 is 2.81 bits per heavy atom. The fraction of sp³-hybridized carbons (Fsp3) is 0.381. The van der Waals surface area contributed by atoms with Crippen LogP contribution in [-0.2, 0) is 0 Å². The van der Waals surface area contributed by atoms with Crippen molar-refractivity contribution in [3.63, 3.8) is 0 Å². The molecule has 0 radical (unpaired) electrons. The number of rotatable bonds is 6. The third-order valence-corrected chi connectivity index (χ3v) is 4.48. The zero-order valence-corrected chi connectivity index (χ0v) is 15.5. The van der Waals surface area contributed by atoms with E-state index in [1.807, 2.05) is 38.1 Å². The second-order valence-electron chi connectivity index (χ2n) is 6.83. The van der Waals surface area contributed by atoms with Crippen molar-refractivity contribution < 1.29 is 4.79 Å². The van der Waals surface area contributed by atoms with Crippen LogP contribution < -0.4 is 10.6 Å². The van der Waals surface area contributed by atoms with Crippen molar-refractivity contribution in [3.05, 3.63) is 58.9 Å². The number of carbonyl (C=O) groups is 1. The summed E-state index contributed by atoms with van der Waals surface area (Å²) in [6.07, 6.45) is 8.33. The quantitative estimate of drug-likeness (QED) is 0.744. The molecule has 5 nitrogen and oxygen atoms in total. The number of aryl methyl sites for hydroxylation is 2. The maximum Gasteiger partial charge on any atom is 0.274 e. The number of aromatic nitrogens is 2. The minimum Gasteiger partial charge on any atom is -0.354 e. The molecule has 1 amide bonds. The Balaban J connectivity index is 1.62. The normalized spacial score (nSPS) is 13.8. The zero-order chi connectivity index (χ0) is 18.4. The molecule has 5 heteroatoms. The molecule has 26 heavy (non-hydrogen) atoms. The van der Waals surface area contributed by atoms with Crippen LogP contribution in [0.1, 0.15) is 53.8 Å². The molecule has 0 fully saturated rings. The van der Waals surface area contributed by atoms with Crippen molar-refractivity contribution in [1.29, 1.82) is 0 Å². The number of carbonyl (C=O) groups excluding carboxylic acids is 1. The Labute approximate surface area is 155 Å². The number of allylic oxidation sites excluding steroid dienone is 1. The fourth-order valence-electron chi connectivity index (χ4n) is 3.15. The number of nitrogens with zero attached hydrogens (tertiary/aromatic N) is 2. The van der Waals surface area contributed by atoms with Crippen LogP contribution in [0.5, 0.6) is 0 Å². The largest absolute Gasteiger partial charge is 0.354 e. The van der Waals surface area contributed by atoms with Crippen LogP contribution >= 0.6 is 0 Å². The summed E-state index contributed by atoms with van der Waals surface area (Å²) in [6, 6.07) is 9.43. The summed E-state index contributed by atoms with van der Waals surface area (Å²) in [5.74, 6) is 0.287. The minimum atomic E-state index is -0.223. The third-order valence-electron chi connectivity index (χ3n) is 4.48. The predicted molar refractivity (Wildman–Crippen MR) is 106 cm³/mol. The highest BCUT2D eigenvalue weighted by Crippen LogP contribution is 2.20. The SMILES string of the molecule is Cc1cccc(NC(=O)c2cc(C)nc(NCCC3=CCCCC3)n2)c1. The standard InChI is InChI=1S/C21H26N4O/c1-15-7-6-10-18(13-15)24-20(26)19-14-16(2)23-21(25-19)22-12-11-17-8-4-3-5-9-17/h6-8,10,13-14H,3-5,9,11-12H2,1-2H3,(H,24,26)(H,22,23,25). The van der Waals surface area contributed by atoms with Gasteiger partial charge in [0.05, 0.1) is 0 Å². The first-order chi connectivity index (χ1) is 12.6. The van der Waals surface area contributed by atoms with Gasteiger partial charge in [-0.1, -0.05) is 23.8 Å². The number of amides is 1. The van der Waals surface area contributed by atoms with Crippen molar-refractivity contribution in [2.45, 2.75) is 46.0 Å². The van der Waals surface area contributed by atoms with Gasteiger partial charge in [0.2, 0.25) is 5.95 Å². The first-order valence-corrected chi connectivity index (χ1v) is 9.25. The molecule has 0 atom stereocenters. The number of nitrogens with one attached hydrogen (secondary N) is 2. The average molecular weight is 350 g/mol. The Bertz CT molecular complexity index is 813. The first-order valence-electron chi connectivity index (χ1n) is 9.25. The van der Waals surface area contributed by atoms with Gasteiger partial charge in [-0.05, 0) is 69.7 Å². The minimum absolute atomic E-state index is 0.223. The Morgan fingerprint density at radius 2 is 2.04 bits per heavy atom. The first kappa shape index (κ1) is 18.1. The van der Waals surface area contributed by atoms with E-state index in [1.165, 1.54) is 31.3 Å². The second kappa shape index (κ2) is 8.61. The summed E-state index contributed by atoms with van der Waals surface area (Å²) in [7, 11) is 0. The van der Waals surface area contributed by atoms with E-state index in [0.29, 0.717) is 11.6 Å². The Kier molecular flexibility index (Phi) is 6.00. The van der Waals surface area contributed by atoms with Crippen molar-refractivity contribution in [1.82, 2.24) is 9.97 Å². The van der Waals surface area contributed by atoms with Crippen molar-refractivity contribution in [3.8, 4) is 0 Å². The number of benzene rings is 1. The Hall–Kier alpha value is -2.69. The molecule has 0 unspecified atom stereocenters. The topological polar surface area (TPSA) is 66.9 Å². The lowest BCUT2D eigenvalue weighted by Crippen LogP contribution is -2.16. The summed E-state index contributed by atoms with van der Waals surface area (Å²) >= 11 is 0. The van der Waals surface area contributed by atoms with E-state index in [2.05, 4.69) is 26.7 Å². The molecule has 3 rings (SSSR count). The lowest BCUT2D eigenvalue weighted by molar-refractivity contribution is 0.102. The van der Waals surface area contributed by atoms with E-state index >= 15 is 0 Å². The molecule has 1 aromatic heterocycles. The van der Waals surface area contributed by atoms with Crippen molar-refractivity contribution in [2.24, 2.45) is 0 Å². The molecule has 1 aliphatic carbocycles. The van der Waals surface area contributed by atoms with Crippen LogP contribution in [0.15, 0.2) is 42.0 Å². The highest BCUT2D eigenvalue weighted by atomic mass is 16.1. The number of hydrogen-bond acceptors (Lipinski definition) is 4.